The maximum atomic E-state index is 11.4. The fourth-order valence-electron chi connectivity index (χ4n) is 1.49. The quantitative estimate of drug-likeness (QED) is 0.600. The van der Waals surface area contributed by atoms with Gasteiger partial charge in [-0.15, -0.1) is 10.9 Å². The van der Waals surface area contributed by atoms with Crippen LogP contribution < -0.4 is 0 Å². The van der Waals surface area contributed by atoms with E-state index in [0.717, 1.165) is 0 Å². The van der Waals surface area contributed by atoms with E-state index in [1.807, 2.05) is 0 Å². The lowest BCUT2D eigenvalue weighted by Gasteiger charge is -2.27. The third kappa shape index (κ3) is 6.95. The summed E-state index contributed by atoms with van der Waals surface area (Å²) in [5.41, 5.74) is 0. The van der Waals surface area contributed by atoms with Crippen LogP contribution >= 0.6 is 10.9 Å². The smallest absolute Gasteiger partial charge is 0.303 e. The van der Waals surface area contributed by atoms with Gasteiger partial charge in [-0.1, -0.05) is 0 Å². The molecule has 0 aromatic carbocycles. The molecule has 0 rings (SSSR count). The lowest BCUT2D eigenvalue weighted by Crippen LogP contribution is -2.36. The second-order valence-corrected chi connectivity index (χ2v) is 6.59. The molecule has 2 unspecified atom stereocenters. The number of rotatable bonds is 5. The number of thiol groups is 1. The molecule has 0 amide bonds. The van der Waals surface area contributed by atoms with Gasteiger partial charge in [0, 0.05) is 33.4 Å². The standard InChI is InChI=1S/C12H20O6S/c1-7(17-8(2)13)12(18-9(3)14)6-19(10(4)15)11(5)16/h7,12,19H,6H2,1-5H3. The Morgan fingerprint density at radius 2 is 1.32 bits per heavy atom. The van der Waals surface area contributed by atoms with Gasteiger partial charge in [0.15, 0.2) is 10.2 Å². The van der Waals surface area contributed by atoms with E-state index in [1.54, 1.807) is 6.92 Å². The molecule has 110 valence electrons. The van der Waals surface area contributed by atoms with Gasteiger partial charge in [-0.25, -0.2) is 0 Å². The zero-order valence-electron chi connectivity index (χ0n) is 11.8. The van der Waals surface area contributed by atoms with Crippen molar-refractivity contribution in [1.82, 2.24) is 0 Å². The van der Waals surface area contributed by atoms with Crippen LogP contribution in [-0.2, 0) is 28.7 Å². The molecule has 0 N–H and O–H groups in total. The van der Waals surface area contributed by atoms with Crippen LogP contribution in [0.5, 0.6) is 0 Å². The van der Waals surface area contributed by atoms with Crippen LogP contribution in [0, 0.1) is 0 Å². The van der Waals surface area contributed by atoms with Gasteiger partial charge in [0.1, 0.15) is 12.2 Å². The Morgan fingerprint density at radius 3 is 1.63 bits per heavy atom. The molecule has 0 spiro atoms. The summed E-state index contributed by atoms with van der Waals surface area (Å²) < 4.78 is 9.98. The van der Waals surface area contributed by atoms with Crippen molar-refractivity contribution in [3.63, 3.8) is 0 Å². The lowest BCUT2D eigenvalue weighted by molar-refractivity contribution is -0.162. The first-order chi connectivity index (χ1) is 8.65. The minimum absolute atomic E-state index is 0.0774. The Balaban J connectivity index is 4.92. The summed E-state index contributed by atoms with van der Waals surface area (Å²) in [6.07, 6.45) is -1.49. The minimum atomic E-state index is -1.55. The first-order valence-corrected chi connectivity index (χ1v) is 7.31. The van der Waals surface area contributed by atoms with E-state index in [0.29, 0.717) is 0 Å². The fourth-order valence-corrected chi connectivity index (χ4v) is 3.18. The average molecular weight is 292 g/mol. The number of ether oxygens (including phenoxy) is 2. The zero-order chi connectivity index (χ0) is 15.2. The SMILES string of the molecule is CC(=O)OC(C)C(C[SH](C(C)=O)C(C)=O)OC(C)=O. The van der Waals surface area contributed by atoms with Crippen molar-refractivity contribution < 1.29 is 28.7 Å². The van der Waals surface area contributed by atoms with Crippen LogP contribution in [-0.4, -0.2) is 40.1 Å². The largest absolute Gasteiger partial charge is 0.459 e. The van der Waals surface area contributed by atoms with Crippen LogP contribution in [0.25, 0.3) is 0 Å². The molecule has 19 heavy (non-hydrogen) atoms. The highest BCUT2D eigenvalue weighted by Gasteiger charge is 2.28. The van der Waals surface area contributed by atoms with E-state index < -0.39 is 35.0 Å². The van der Waals surface area contributed by atoms with Crippen molar-refractivity contribution >= 4 is 33.1 Å². The van der Waals surface area contributed by atoms with Crippen molar-refractivity contribution in [2.75, 3.05) is 5.75 Å². The van der Waals surface area contributed by atoms with Gasteiger partial charge in [-0.05, 0) is 6.92 Å². The molecule has 0 saturated heterocycles. The zero-order valence-corrected chi connectivity index (χ0v) is 12.7. The summed E-state index contributed by atoms with van der Waals surface area (Å²) in [5.74, 6) is -0.987. The molecule has 0 saturated carbocycles. The van der Waals surface area contributed by atoms with Gasteiger partial charge in [0.2, 0.25) is 0 Å². The monoisotopic (exact) mass is 292 g/mol. The summed E-state index contributed by atoms with van der Waals surface area (Å²) >= 11 is 0. The molecule has 0 aliphatic carbocycles. The fraction of sp³-hybridized carbons (Fsp3) is 0.667. The molecule has 2 atom stereocenters. The van der Waals surface area contributed by atoms with Crippen molar-refractivity contribution in [2.24, 2.45) is 0 Å². The Labute approximate surface area is 115 Å². The number of carbonyl (C=O) groups is 4. The number of carbonyl (C=O) groups excluding carboxylic acids is 4. The maximum Gasteiger partial charge on any atom is 0.303 e. The molecular weight excluding hydrogens is 272 g/mol. The van der Waals surface area contributed by atoms with E-state index in [9.17, 15) is 19.2 Å². The highest BCUT2D eigenvalue weighted by atomic mass is 32.2. The average Bonchev–Trinajstić information content (AvgIpc) is 2.21. The first-order valence-electron chi connectivity index (χ1n) is 5.78. The number of esters is 2. The Morgan fingerprint density at radius 1 is 0.895 bits per heavy atom. The Bertz CT molecular complexity index is 364. The molecular formula is C12H20O6S. The highest BCUT2D eigenvalue weighted by Crippen LogP contribution is 2.30. The van der Waals surface area contributed by atoms with Crippen molar-refractivity contribution in [1.29, 1.82) is 0 Å². The third-order valence-corrected chi connectivity index (χ3v) is 4.56. The van der Waals surface area contributed by atoms with Crippen molar-refractivity contribution in [3.8, 4) is 0 Å². The third-order valence-electron chi connectivity index (χ3n) is 2.32. The van der Waals surface area contributed by atoms with Crippen LogP contribution in [0.2, 0.25) is 0 Å². The molecule has 7 heteroatoms. The summed E-state index contributed by atoms with van der Waals surface area (Å²) in [7, 11) is -1.55. The van der Waals surface area contributed by atoms with Crippen molar-refractivity contribution in [2.45, 2.75) is 46.8 Å². The summed E-state index contributed by atoms with van der Waals surface area (Å²) in [6, 6.07) is 0. The first kappa shape index (κ1) is 17.6. The van der Waals surface area contributed by atoms with Crippen LogP contribution in [0.1, 0.15) is 34.6 Å². The summed E-state index contributed by atoms with van der Waals surface area (Å²) in [5, 5.41) is -0.482. The van der Waals surface area contributed by atoms with Crippen molar-refractivity contribution in [3.05, 3.63) is 0 Å². The summed E-state index contributed by atoms with van der Waals surface area (Å²) in [4.78, 5) is 44.8. The maximum absolute atomic E-state index is 11.4. The topological polar surface area (TPSA) is 86.7 Å². The second-order valence-electron chi connectivity index (χ2n) is 4.11. The summed E-state index contributed by atoms with van der Waals surface area (Å²) in [6.45, 7) is 6.67. The number of hydrogen-bond acceptors (Lipinski definition) is 6. The van der Waals surface area contributed by atoms with Crippen LogP contribution in [0.3, 0.4) is 0 Å². The van der Waals surface area contributed by atoms with Gasteiger partial charge < -0.3 is 9.47 Å². The van der Waals surface area contributed by atoms with Crippen LogP contribution in [0.15, 0.2) is 0 Å². The second kappa shape index (κ2) is 7.93. The lowest BCUT2D eigenvalue weighted by atomic mass is 10.2. The van der Waals surface area contributed by atoms with Gasteiger partial charge >= 0.3 is 11.9 Å². The molecule has 0 aliphatic rings. The predicted molar refractivity (Wildman–Crippen MR) is 72.0 cm³/mol. The van der Waals surface area contributed by atoms with E-state index in [-0.39, 0.29) is 16.0 Å². The van der Waals surface area contributed by atoms with E-state index in [2.05, 4.69) is 0 Å². The molecule has 6 nitrogen and oxygen atoms in total. The van der Waals surface area contributed by atoms with E-state index >= 15 is 0 Å². The molecule has 0 fully saturated rings. The van der Waals surface area contributed by atoms with E-state index in [1.165, 1.54) is 27.7 Å². The molecule has 0 aromatic rings. The van der Waals surface area contributed by atoms with Crippen LogP contribution in [0.4, 0.5) is 0 Å². The Kier molecular flexibility index (Phi) is 7.36. The molecule has 0 heterocycles. The normalized spacial score (nSPS) is 14.1. The molecule has 0 radical (unpaired) electrons. The molecule has 0 aliphatic heterocycles. The molecule has 0 aromatic heterocycles. The van der Waals surface area contributed by atoms with E-state index in [4.69, 9.17) is 9.47 Å². The van der Waals surface area contributed by atoms with Gasteiger partial charge in [-0.2, -0.15) is 0 Å². The minimum Gasteiger partial charge on any atom is -0.459 e. The molecule has 0 bridgehead atoms. The predicted octanol–water partition coefficient (Wildman–Crippen LogP) is 0.964. The number of hydrogen-bond donors (Lipinski definition) is 1. The van der Waals surface area contributed by atoms with Gasteiger partial charge in [-0.3, -0.25) is 19.2 Å². The van der Waals surface area contributed by atoms with Gasteiger partial charge in [0.05, 0.1) is 0 Å². The highest BCUT2D eigenvalue weighted by molar-refractivity contribution is 8.41. The Hall–Kier alpha value is -1.37. The van der Waals surface area contributed by atoms with Gasteiger partial charge in [0.25, 0.3) is 0 Å².